The molecule has 2 aromatic heterocycles. The molecule has 146 valence electrons. The van der Waals surface area contributed by atoms with E-state index in [4.69, 9.17) is 16.3 Å². The zero-order valence-corrected chi connectivity index (χ0v) is 17.5. The fourth-order valence-corrected chi connectivity index (χ4v) is 4.66. The number of hydrogen-bond acceptors (Lipinski definition) is 4. The van der Waals surface area contributed by atoms with Gasteiger partial charge in [-0.3, -0.25) is 4.79 Å². The Morgan fingerprint density at radius 2 is 1.66 bits per heavy atom. The van der Waals surface area contributed by atoms with Crippen molar-refractivity contribution in [2.24, 2.45) is 0 Å². The quantitative estimate of drug-likeness (QED) is 0.223. The van der Waals surface area contributed by atoms with Gasteiger partial charge in [0.25, 0.3) is 5.78 Å². The number of hydrogen-bond donors (Lipinski definition) is 0. The van der Waals surface area contributed by atoms with Crippen LogP contribution in [0.2, 0.25) is 5.02 Å². The van der Waals surface area contributed by atoms with Crippen LogP contribution >= 0.6 is 22.9 Å². The smallest absolute Gasteiger partial charge is 0.381 e. The van der Waals surface area contributed by atoms with Crippen molar-refractivity contribution in [2.45, 2.75) is 13.8 Å². The maximum atomic E-state index is 13.2. The Labute approximate surface area is 177 Å². The summed E-state index contributed by atoms with van der Waals surface area (Å²) in [6.45, 7) is 3.75. The van der Waals surface area contributed by atoms with Crippen LogP contribution in [0.25, 0.3) is 27.1 Å². The zero-order valence-electron chi connectivity index (χ0n) is 15.9. The van der Waals surface area contributed by atoms with E-state index < -0.39 is 11.8 Å². The Kier molecular flexibility index (Phi) is 5.26. The molecule has 0 amide bonds. The van der Waals surface area contributed by atoms with Crippen molar-refractivity contribution in [3.05, 3.63) is 76.4 Å². The molecular formula is C23H18ClNO3S. The molecule has 0 saturated heterocycles. The number of fused-ring (bicyclic) bond motifs is 1. The second-order valence-electron chi connectivity index (χ2n) is 6.54. The highest BCUT2D eigenvalue weighted by Gasteiger charge is 2.31. The van der Waals surface area contributed by atoms with Gasteiger partial charge < -0.3 is 9.14 Å². The van der Waals surface area contributed by atoms with Gasteiger partial charge in [-0.2, -0.15) is 0 Å². The first-order valence-corrected chi connectivity index (χ1v) is 10.4. The van der Waals surface area contributed by atoms with E-state index in [0.29, 0.717) is 16.3 Å². The van der Waals surface area contributed by atoms with Crippen molar-refractivity contribution < 1.29 is 14.3 Å². The predicted octanol–water partition coefficient (Wildman–Crippen LogP) is 6.04. The molecule has 0 N–H and O–H groups in total. The Morgan fingerprint density at radius 1 is 1.00 bits per heavy atom. The number of carbonyl (C=O) groups excluding carboxylic acids is 2. The average Bonchev–Trinajstić information content (AvgIpc) is 3.26. The summed E-state index contributed by atoms with van der Waals surface area (Å²) in [4.78, 5) is 26.5. The lowest BCUT2D eigenvalue weighted by Crippen LogP contribution is -2.20. The molecule has 29 heavy (non-hydrogen) atoms. The number of Topliss-reactive ketones (excluding diaryl/α,β-unsaturated/α-hetero) is 1. The highest BCUT2D eigenvalue weighted by Crippen LogP contribution is 2.43. The van der Waals surface area contributed by atoms with Crippen LogP contribution < -0.4 is 0 Å². The maximum absolute atomic E-state index is 13.2. The van der Waals surface area contributed by atoms with E-state index in [1.54, 1.807) is 30.4 Å². The zero-order chi connectivity index (χ0) is 20.5. The Bertz CT molecular complexity index is 1210. The standard InChI is InChI=1S/C23H18ClNO3S/c1-3-28-23(27)21(26)20-18(16-9-11-17(24)12-10-16)19(15-7-5-4-6-8-15)22-25(20)14(2)13-29-22/h4-13H,3H2,1-2H3. The first-order valence-electron chi connectivity index (χ1n) is 9.18. The van der Waals surface area contributed by atoms with Gasteiger partial charge in [-0.05, 0) is 37.1 Å². The molecule has 0 unspecified atom stereocenters. The van der Waals surface area contributed by atoms with Gasteiger partial charge in [-0.1, -0.05) is 54.1 Å². The summed E-state index contributed by atoms with van der Waals surface area (Å²) >= 11 is 7.63. The van der Waals surface area contributed by atoms with Crippen LogP contribution in [0.1, 0.15) is 23.1 Å². The lowest BCUT2D eigenvalue weighted by Gasteiger charge is -2.09. The minimum Gasteiger partial charge on any atom is -0.460 e. The number of aryl methyl sites for hydroxylation is 1. The summed E-state index contributed by atoms with van der Waals surface area (Å²) in [6.07, 6.45) is 0. The monoisotopic (exact) mass is 423 g/mol. The van der Waals surface area contributed by atoms with Crippen molar-refractivity contribution in [1.29, 1.82) is 0 Å². The van der Waals surface area contributed by atoms with Crippen molar-refractivity contribution in [3.8, 4) is 22.3 Å². The third-order valence-corrected chi connectivity index (χ3v) is 6.01. The molecule has 6 heteroatoms. The van der Waals surface area contributed by atoms with Crippen molar-refractivity contribution >= 4 is 39.5 Å². The first kappa shape index (κ1) is 19.4. The van der Waals surface area contributed by atoms with Crippen LogP contribution in [0.4, 0.5) is 0 Å². The van der Waals surface area contributed by atoms with Gasteiger partial charge in [0.1, 0.15) is 10.5 Å². The maximum Gasteiger partial charge on any atom is 0.381 e. The minimum absolute atomic E-state index is 0.142. The van der Waals surface area contributed by atoms with Crippen LogP contribution in [-0.4, -0.2) is 22.8 Å². The van der Waals surface area contributed by atoms with Crippen molar-refractivity contribution in [3.63, 3.8) is 0 Å². The molecular weight excluding hydrogens is 406 g/mol. The van der Waals surface area contributed by atoms with Gasteiger partial charge in [-0.15, -0.1) is 11.3 Å². The van der Waals surface area contributed by atoms with Crippen LogP contribution in [0.3, 0.4) is 0 Å². The molecule has 2 aromatic carbocycles. The summed E-state index contributed by atoms with van der Waals surface area (Å²) < 4.78 is 6.89. The molecule has 4 nitrogen and oxygen atoms in total. The number of aromatic nitrogens is 1. The highest BCUT2D eigenvalue weighted by atomic mass is 35.5. The number of ketones is 1. The molecule has 0 bridgehead atoms. The number of carbonyl (C=O) groups is 2. The number of nitrogens with zero attached hydrogens (tertiary/aromatic N) is 1. The van der Waals surface area contributed by atoms with Gasteiger partial charge in [0, 0.05) is 27.2 Å². The fraction of sp³-hybridized carbons (Fsp3) is 0.130. The average molecular weight is 424 g/mol. The Hall–Kier alpha value is -2.89. The molecule has 0 radical (unpaired) electrons. The van der Waals surface area contributed by atoms with Crippen LogP contribution in [0.5, 0.6) is 0 Å². The fourth-order valence-electron chi connectivity index (χ4n) is 3.47. The van der Waals surface area contributed by atoms with E-state index >= 15 is 0 Å². The van der Waals surface area contributed by atoms with Gasteiger partial charge in [-0.25, -0.2) is 4.79 Å². The van der Waals surface area contributed by atoms with E-state index in [1.165, 1.54) is 0 Å². The van der Waals surface area contributed by atoms with Gasteiger partial charge in [0.05, 0.1) is 6.61 Å². The summed E-state index contributed by atoms with van der Waals surface area (Å²) in [5, 5.41) is 2.58. The van der Waals surface area contributed by atoms with Gasteiger partial charge in [0.15, 0.2) is 0 Å². The minimum atomic E-state index is -0.854. The summed E-state index contributed by atoms with van der Waals surface area (Å²) in [6, 6.07) is 17.2. The molecule has 0 aliphatic heterocycles. The normalized spacial score (nSPS) is 11.0. The molecule has 0 spiro atoms. The second kappa shape index (κ2) is 7.85. The lowest BCUT2D eigenvalue weighted by atomic mass is 9.95. The molecule has 4 aromatic rings. The van der Waals surface area contributed by atoms with E-state index in [0.717, 1.165) is 27.2 Å². The van der Waals surface area contributed by atoms with E-state index in [2.05, 4.69) is 0 Å². The molecule has 0 atom stereocenters. The SMILES string of the molecule is CCOC(=O)C(=O)c1c(-c2ccc(Cl)cc2)c(-c2ccccc2)c2scc(C)n12. The molecule has 4 rings (SSSR count). The number of esters is 1. The van der Waals surface area contributed by atoms with Crippen LogP contribution in [0.15, 0.2) is 60.0 Å². The summed E-state index contributed by atoms with van der Waals surface area (Å²) in [5.74, 6) is -1.51. The summed E-state index contributed by atoms with van der Waals surface area (Å²) in [7, 11) is 0. The molecule has 0 aliphatic carbocycles. The molecule has 0 saturated carbocycles. The third kappa shape index (κ3) is 3.37. The van der Waals surface area contributed by atoms with Crippen molar-refractivity contribution in [2.75, 3.05) is 6.61 Å². The van der Waals surface area contributed by atoms with Crippen LogP contribution in [-0.2, 0) is 9.53 Å². The highest BCUT2D eigenvalue weighted by molar-refractivity contribution is 7.16. The molecule has 0 fully saturated rings. The summed E-state index contributed by atoms with van der Waals surface area (Å²) in [5.41, 5.74) is 4.61. The Balaban J connectivity index is 2.11. The topological polar surface area (TPSA) is 47.8 Å². The van der Waals surface area contributed by atoms with E-state index in [9.17, 15) is 9.59 Å². The van der Waals surface area contributed by atoms with Crippen LogP contribution in [0, 0.1) is 6.92 Å². The number of thiazole rings is 1. The van der Waals surface area contributed by atoms with Gasteiger partial charge in [0.2, 0.25) is 0 Å². The Morgan fingerprint density at radius 3 is 2.31 bits per heavy atom. The second-order valence-corrected chi connectivity index (χ2v) is 7.83. The number of rotatable bonds is 5. The largest absolute Gasteiger partial charge is 0.460 e. The number of ether oxygens (including phenoxy) is 1. The third-order valence-electron chi connectivity index (χ3n) is 4.69. The number of halogens is 1. The molecule has 0 aliphatic rings. The number of benzene rings is 2. The van der Waals surface area contributed by atoms with E-state index in [-0.39, 0.29) is 6.61 Å². The van der Waals surface area contributed by atoms with Crippen molar-refractivity contribution in [1.82, 2.24) is 4.40 Å². The van der Waals surface area contributed by atoms with Gasteiger partial charge >= 0.3 is 5.97 Å². The molecule has 2 heterocycles. The first-order chi connectivity index (χ1) is 14.0. The predicted molar refractivity (Wildman–Crippen MR) is 117 cm³/mol. The lowest BCUT2D eigenvalue weighted by molar-refractivity contribution is -0.137. The van der Waals surface area contributed by atoms with E-state index in [1.807, 2.05) is 59.2 Å².